The summed E-state index contributed by atoms with van der Waals surface area (Å²) in [6.45, 7) is 0.713. The maximum atomic E-state index is 10.3. The van der Waals surface area contributed by atoms with Crippen LogP contribution in [0.1, 0.15) is 23.7 Å². The van der Waals surface area contributed by atoms with Crippen LogP contribution in [0.4, 0.5) is 5.69 Å². The van der Waals surface area contributed by atoms with Crippen LogP contribution in [0.25, 0.3) is 0 Å². The number of aliphatic hydroxyl groups is 1. The number of thioether (sulfide) groups is 1. The van der Waals surface area contributed by atoms with Gasteiger partial charge in [0.1, 0.15) is 5.75 Å². The number of anilines is 1. The zero-order valence-electron chi connectivity index (χ0n) is 11.6. The molecule has 2 heterocycles. The van der Waals surface area contributed by atoms with Crippen molar-refractivity contribution in [1.82, 2.24) is 0 Å². The van der Waals surface area contributed by atoms with E-state index in [1.54, 1.807) is 0 Å². The molecule has 108 valence electrons. The Balaban J connectivity index is 1.61. The van der Waals surface area contributed by atoms with Crippen LogP contribution < -0.4 is 10.1 Å². The Morgan fingerprint density at radius 2 is 2.10 bits per heavy atom. The molecule has 0 amide bonds. The summed E-state index contributed by atoms with van der Waals surface area (Å²) in [5.41, 5.74) is 3.08. The third-order valence-corrected chi connectivity index (χ3v) is 4.93. The highest BCUT2D eigenvalue weighted by atomic mass is 32.2. The van der Waals surface area contributed by atoms with Crippen molar-refractivity contribution in [3.8, 4) is 11.5 Å². The van der Waals surface area contributed by atoms with Crippen molar-refractivity contribution in [3.63, 3.8) is 0 Å². The van der Waals surface area contributed by atoms with E-state index >= 15 is 0 Å². The summed E-state index contributed by atoms with van der Waals surface area (Å²) in [6.07, 6.45) is 0.471. The standard InChI is InChI=1S/C17H17NO2S/c19-15(8-13-10-21-13)11-5-6-16-12(7-11)9-18-14-3-1-2-4-17(14)20-16/h1-7,13,15,18-19H,8-10H2. The minimum absolute atomic E-state index is 0.374. The van der Waals surface area contributed by atoms with Crippen molar-refractivity contribution in [1.29, 1.82) is 0 Å². The summed E-state index contributed by atoms with van der Waals surface area (Å²) in [5, 5.41) is 14.3. The van der Waals surface area contributed by atoms with Crippen molar-refractivity contribution < 1.29 is 9.84 Å². The zero-order chi connectivity index (χ0) is 14.2. The number of rotatable bonds is 3. The van der Waals surface area contributed by atoms with E-state index in [-0.39, 0.29) is 6.10 Å². The highest BCUT2D eigenvalue weighted by Crippen LogP contribution is 2.39. The first kappa shape index (κ1) is 13.0. The van der Waals surface area contributed by atoms with E-state index < -0.39 is 0 Å². The molecule has 4 heteroatoms. The van der Waals surface area contributed by atoms with Crippen LogP contribution in [0.5, 0.6) is 11.5 Å². The quantitative estimate of drug-likeness (QED) is 0.842. The van der Waals surface area contributed by atoms with Gasteiger partial charge in [-0.25, -0.2) is 0 Å². The zero-order valence-corrected chi connectivity index (χ0v) is 12.4. The van der Waals surface area contributed by atoms with Crippen LogP contribution >= 0.6 is 11.8 Å². The molecule has 4 rings (SSSR count). The average Bonchev–Trinajstić information content (AvgIpc) is 3.32. The molecule has 2 aliphatic rings. The van der Waals surface area contributed by atoms with E-state index in [1.807, 2.05) is 48.2 Å². The van der Waals surface area contributed by atoms with Gasteiger partial charge >= 0.3 is 0 Å². The largest absolute Gasteiger partial charge is 0.455 e. The summed E-state index contributed by atoms with van der Waals surface area (Å²) >= 11 is 1.92. The van der Waals surface area contributed by atoms with E-state index in [0.717, 1.165) is 34.7 Å². The lowest BCUT2D eigenvalue weighted by molar-refractivity contribution is 0.170. The molecular weight excluding hydrogens is 282 g/mol. The minimum atomic E-state index is -0.374. The molecule has 0 saturated carbocycles. The van der Waals surface area contributed by atoms with Crippen molar-refractivity contribution in [2.75, 3.05) is 11.1 Å². The van der Waals surface area contributed by atoms with Crippen LogP contribution in [0.15, 0.2) is 42.5 Å². The normalized spacial score (nSPS) is 20.3. The number of fused-ring (bicyclic) bond motifs is 2. The summed E-state index contributed by atoms with van der Waals surface area (Å²) in [7, 11) is 0. The third kappa shape index (κ3) is 2.74. The summed E-state index contributed by atoms with van der Waals surface area (Å²) in [6, 6.07) is 13.9. The van der Waals surface area contributed by atoms with Crippen LogP contribution in [0, 0.1) is 0 Å². The fourth-order valence-electron chi connectivity index (χ4n) is 2.64. The maximum absolute atomic E-state index is 10.3. The molecule has 1 saturated heterocycles. The molecule has 0 spiro atoms. The number of nitrogens with one attached hydrogen (secondary N) is 1. The van der Waals surface area contributed by atoms with Crippen molar-refractivity contribution in [2.45, 2.75) is 24.3 Å². The maximum Gasteiger partial charge on any atom is 0.150 e. The summed E-state index contributed by atoms with van der Waals surface area (Å²) in [4.78, 5) is 0. The van der Waals surface area contributed by atoms with Crippen LogP contribution in [-0.4, -0.2) is 16.1 Å². The lowest BCUT2D eigenvalue weighted by Crippen LogP contribution is -2.03. The molecule has 2 aliphatic heterocycles. The first-order valence-electron chi connectivity index (χ1n) is 7.23. The Labute approximate surface area is 128 Å². The molecule has 2 N–H and O–H groups in total. The Hall–Kier alpha value is -1.65. The second-order valence-corrected chi connectivity index (χ2v) is 6.86. The van der Waals surface area contributed by atoms with E-state index in [0.29, 0.717) is 11.8 Å². The Kier molecular flexibility index (Phi) is 3.28. The molecule has 0 aromatic heterocycles. The first-order chi connectivity index (χ1) is 10.3. The molecule has 0 bridgehead atoms. The van der Waals surface area contributed by atoms with Gasteiger partial charge in [-0.05, 0) is 36.2 Å². The first-order valence-corrected chi connectivity index (χ1v) is 8.28. The topological polar surface area (TPSA) is 41.5 Å². The van der Waals surface area contributed by atoms with E-state index in [1.165, 1.54) is 5.75 Å². The van der Waals surface area contributed by atoms with Gasteiger partial charge in [0.2, 0.25) is 0 Å². The van der Waals surface area contributed by atoms with Gasteiger partial charge in [0, 0.05) is 23.1 Å². The van der Waals surface area contributed by atoms with Crippen molar-refractivity contribution >= 4 is 17.4 Å². The lowest BCUT2D eigenvalue weighted by Gasteiger charge is -2.13. The molecule has 2 aromatic rings. The lowest BCUT2D eigenvalue weighted by atomic mass is 10.0. The minimum Gasteiger partial charge on any atom is -0.455 e. The van der Waals surface area contributed by atoms with E-state index in [9.17, 15) is 5.11 Å². The van der Waals surface area contributed by atoms with Gasteiger partial charge in [-0.3, -0.25) is 0 Å². The molecule has 0 aliphatic carbocycles. The van der Waals surface area contributed by atoms with Gasteiger partial charge in [0.15, 0.2) is 5.75 Å². The molecular formula is C17H17NO2S. The van der Waals surface area contributed by atoms with Gasteiger partial charge in [-0.2, -0.15) is 11.8 Å². The van der Waals surface area contributed by atoms with Gasteiger partial charge in [0.05, 0.1) is 11.8 Å². The molecule has 21 heavy (non-hydrogen) atoms. The number of ether oxygens (including phenoxy) is 1. The number of hydrogen-bond acceptors (Lipinski definition) is 4. The predicted molar refractivity (Wildman–Crippen MR) is 86.1 cm³/mol. The van der Waals surface area contributed by atoms with Gasteiger partial charge in [0.25, 0.3) is 0 Å². The van der Waals surface area contributed by atoms with Gasteiger partial charge in [-0.15, -0.1) is 0 Å². The number of para-hydroxylation sites is 2. The summed E-state index contributed by atoms with van der Waals surface area (Å²) in [5.74, 6) is 2.89. The van der Waals surface area contributed by atoms with E-state index in [2.05, 4.69) is 11.4 Å². The molecule has 3 nitrogen and oxygen atoms in total. The second kappa shape index (κ2) is 5.28. The predicted octanol–water partition coefficient (Wildman–Crippen LogP) is 3.94. The average molecular weight is 299 g/mol. The molecule has 1 fully saturated rings. The van der Waals surface area contributed by atoms with Crippen LogP contribution in [0.3, 0.4) is 0 Å². The third-order valence-electron chi connectivity index (χ3n) is 3.93. The fraction of sp³-hybridized carbons (Fsp3) is 0.294. The molecule has 2 atom stereocenters. The number of benzene rings is 2. The second-order valence-electron chi connectivity index (χ2n) is 5.53. The molecule has 2 aromatic carbocycles. The molecule has 0 radical (unpaired) electrons. The van der Waals surface area contributed by atoms with Gasteiger partial charge in [-0.1, -0.05) is 18.2 Å². The van der Waals surface area contributed by atoms with Crippen molar-refractivity contribution in [3.05, 3.63) is 53.6 Å². The van der Waals surface area contributed by atoms with Crippen molar-refractivity contribution in [2.24, 2.45) is 0 Å². The number of aliphatic hydroxyl groups excluding tert-OH is 1. The van der Waals surface area contributed by atoms with Crippen LogP contribution in [-0.2, 0) is 6.54 Å². The van der Waals surface area contributed by atoms with Gasteiger partial charge < -0.3 is 15.2 Å². The highest BCUT2D eigenvalue weighted by Gasteiger charge is 2.26. The fourth-order valence-corrected chi connectivity index (χ4v) is 3.23. The monoisotopic (exact) mass is 299 g/mol. The number of hydrogen-bond donors (Lipinski definition) is 2. The summed E-state index contributed by atoms with van der Waals surface area (Å²) < 4.78 is 5.98. The van der Waals surface area contributed by atoms with Crippen LogP contribution in [0.2, 0.25) is 0 Å². The smallest absolute Gasteiger partial charge is 0.150 e. The Bertz CT molecular complexity index is 670. The SMILES string of the molecule is OC(CC1CS1)c1ccc2c(c1)CNc1ccccc1O2. The Morgan fingerprint density at radius 1 is 1.24 bits per heavy atom. The Morgan fingerprint density at radius 3 is 2.95 bits per heavy atom. The molecule has 2 unspecified atom stereocenters. The van der Waals surface area contributed by atoms with E-state index in [4.69, 9.17) is 4.74 Å². The highest BCUT2D eigenvalue weighted by molar-refractivity contribution is 8.06.